The number of benzene rings is 1. The van der Waals surface area contributed by atoms with E-state index < -0.39 is 0 Å². The van der Waals surface area contributed by atoms with Crippen LogP contribution in [0, 0.1) is 5.92 Å². The maximum absolute atomic E-state index is 13.0. The van der Waals surface area contributed by atoms with Crippen LogP contribution in [0.5, 0.6) is 0 Å². The Bertz CT molecular complexity index is 837. The first-order valence-corrected chi connectivity index (χ1v) is 10.4. The number of nitrogens with zero attached hydrogens (tertiary/aromatic N) is 1. The summed E-state index contributed by atoms with van der Waals surface area (Å²) in [5, 5.41) is 1.14. The largest absolute Gasteiger partial charge is 0.461 e. The second-order valence-corrected chi connectivity index (χ2v) is 8.22. The number of aryl methyl sites for hydroxylation is 1. The van der Waals surface area contributed by atoms with E-state index in [9.17, 15) is 9.59 Å². The molecule has 0 saturated carbocycles. The Morgan fingerprint density at radius 2 is 1.85 bits per heavy atom. The van der Waals surface area contributed by atoms with Gasteiger partial charge in [0.05, 0.1) is 0 Å². The maximum atomic E-state index is 13.0. The Kier molecular flexibility index (Phi) is 5.33. The molecule has 0 radical (unpaired) electrons. The average Bonchev–Trinajstić information content (AvgIpc) is 3.27. The second-order valence-electron chi connectivity index (χ2n) is 8.22. The molecule has 27 heavy (non-hydrogen) atoms. The molecule has 2 aliphatic rings. The SMILES string of the molecule is C[C@H]1CCCCC(=O)CCc2oc3ccccc3c2C[C@@H]2CCCN2C1=O. The molecule has 0 aliphatic carbocycles. The molecule has 1 saturated heterocycles. The quantitative estimate of drug-likeness (QED) is 0.679. The minimum absolute atomic E-state index is 0.0456. The monoisotopic (exact) mass is 367 g/mol. The zero-order valence-corrected chi connectivity index (χ0v) is 16.2. The van der Waals surface area contributed by atoms with Gasteiger partial charge in [0.25, 0.3) is 0 Å². The van der Waals surface area contributed by atoms with Crippen LogP contribution in [0.4, 0.5) is 0 Å². The molecule has 144 valence electrons. The molecule has 1 aromatic carbocycles. The number of fused-ring (bicyclic) bond motifs is 4. The van der Waals surface area contributed by atoms with Crippen LogP contribution < -0.4 is 0 Å². The van der Waals surface area contributed by atoms with Crippen molar-refractivity contribution in [2.75, 3.05) is 6.54 Å². The highest BCUT2D eigenvalue weighted by Crippen LogP contribution is 2.32. The first kappa shape index (κ1) is 18.3. The zero-order chi connectivity index (χ0) is 18.8. The van der Waals surface area contributed by atoms with Gasteiger partial charge in [-0.1, -0.05) is 31.5 Å². The van der Waals surface area contributed by atoms with E-state index in [0.717, 1.165) is 61.8 Å². The minimum atomic E-state index is 0.0456. The van der Waals surface area contributed by atoms with Crippen molar-refractivity contribution >= 4 is 22.7 Å². The van der Waals surface area contributed by atoms with Crippen LogP contribution in [0.3, 0.4) is 0 Å². The van der Waals surface area contributed by atoms with Crippen molar-refractivity contribution in [2.24, 2.45) is 5.92 Å². The van der Waals surface area contributed by atoms with Gasteiger partial charge in [0.2, 0.25) is 5.91 Å². The lowest BCUT2D eigenvalue weighted by molar-refractivity contribution is -0.136. The van der Waals surface area contributed by atoms with Gasteiger partial charge < -0.3 is 9.32 Å². The van der Waals surface area contributed by atoms with Crippen LogP contribution in [-0.4, -0.2) is 29.2 Å². The minimum Gasteiger partial charge on any atom is -0.461 e. The van der Waals surface area contributed by atoms with E-state index >= 15 is 0 Å². The standard InChI is InChI=1S/C23H29NO3/c1-16-7-2-3-9-18(25)12-13-22-20(19-10-4-5-11-21(19)27-22)15-17-8-6-14-24(17)23(16)26/h4-5,10-11,16-17H,2-3,6-9,12-15H2,1H3/t16-,17-/m0/s1. The summed E-state index contributed by atoms with van der Waals surface area (Å²) in [5.41, 5.74) is 2.09. The summed E-state index contributed by atoms with van der Waals surface area (Å²) >= 11 is 0. The lowest BCUT2D eigenvalue weighted by Gasteiger charge is -2.28. The summed E-state index contributed by atoms with van der Waals surface area (Å²) in [4.78, 5) is 27.4. The fourth-order valence-corrected chi connectivity index (χ4v) is 4.71. The molecular formula is C23H29NO3. The highest BCUT2D eigenvalue weighted by atomic mass is 16.3. The van der Waals surface area contributed by atoms with Crippen molar-refractivity contribution in [3.05, 3.63) is 35.6 Å². The van der Waals surface area contributed by atoms with Crippen LogP contribution in [0.25, 0.3) is 11.0 Å². The molecule has 2 aromatic rings. The summed E-state index contributed by atoms with van der Waals surface area (Å²) < 4.78 is 6.14. The summed E-state index contributed by atoms with van der Waals surface area (Å²) in [6.45, 7) is 2.92. The lowest BCUT2D eigenvalue weighted by atomic mass is 9.95. The van der Waals surface area contributed by atoms with E-state index in [1.165, 1.54) is 5.56 Å². The van der Waals surface area contributed by atoms with Gasteiger partial charge in [0.1, 0.15) is 17.1 Å². The van der Waals surface area contributed by atoms with E-state index in [0.29, 0.717) is 25.0 Å². The van der Waals surface area contributed by atoms with Crippen LogP contribution in [0.2, 0.25) is 0 Å². The van der Waals surface area contributed by atoms with Gasteiger partial charge in [-0.05, 0) is 38.2 Å². The Morgan fingerprint density at radius 1 is 1.00 bits per heavy atom. The molecule has 2 atom stereocenters. The van der Waals surface area contributed by atoms with E-state index in [-0.39, 0.29) is 17.9 Å². The Balaban J connectivity index is 1.69. The summed E-state index contributed by atoms with van der Waals surface area (Å²) in [6, 6.07) is 8.37. The number of hydrogen-bond acceptors (Lipinski definition) is 3. The fourth-order valence-electron chi connectivity index (χ4n) is 4.71. The van der Waals surface area contributed by atoms with Crippen molar-refractivity contribution in [1.82, 2.24) is 4.90 Å². The van der Waals surface area contributed by atoms with Crippen molar-refractivity contribution in [3.63, 3.8) is 0 Å². The Labute approximate surface area is 160 Å². The number of hydrogen-bond donors (Lipinski definition) is 0. The van der Waals surface area contributed by atoms with Gasteiger partial charge in [-0.15, -0.1) is 0 Å². The van der Waals surface area contributed by atoms with Crippen LogP contribution in [0.15, 0.2) is 28.7 Å². The highest BCUT2D eigenvalue weighted by molar-refractivity contribution is 5.84. The Hall–Kier alpha value is -2.10. The molecule has 0 unspecified atom stereocenters. The zero-order valence-electron chi connectivity index (χ0n) is 16.2. The number of Topliss-reactive ketones (excluding diaryl/α,β-unsaturated/α-hetero) is 1. The number of para-hydroxylation sites is 1. The van der Waals surface area contributed by atoms with Crippen LogP contribution in [-0.2, 0) is 22.4 Å². The third-order valence-corrected chi connectivity index (χ3v) is 6.28. The molecule has 3 heterocycles. The van der Waals surface area contributed by atoms with Gasteiger partial charge in [0.15, 0.2) is 0 Å². The highest BCUT2D eigenvalue weighted by Gasteiger charge is 2.32. The third kappa shape index (κ3) is 3.80. The number of carbonyl (C=O) groups excluding carboxylic acids is 2. The first-order valence-electron chi connectivity index (χ1n) is 10.4. The fraction of sp³-hybridized carbons (Fsp3) is 0.565. The van der Waals surface area contributed by atoms with E-state index in [2.05, 4.69) is 11.0 Å². The molecule has 0 spiro atoms. The molecule has 4 heteroatoms. The third-order valence-electron chi connectivity index (χ3n) is 6.28. The van der Waals surface area contributed by atoms with Crippen LogP contribution in [0.1, 0.15) is 63.2 Å². The number of amides is 1. The van der Waals surface area contributed by atoms with Gasteiger partial charge >= 0.3 is 0 Å². The summed E-state index contributed by atoms with van der Waals surface area (Å²) in [5.74, 6) is 1.58. The van der Waals surface area contributed by atoms with Crippen molar-refractivity contribution < 1.29 is 14.0 Å². The predicted molar refractivity (Wildman–Crippen MR) is 106 cm³/mol. The smallest absolute Gasteiger partial charge is 0.225 e. The summed E-state index contributed by atoms with van der Waals surface area (Å²) in [6.07, 6.45) is 7.51. The topological polar surface area (TPSA) is 50.5 Å². The van der Waals surface area contributed by atoms with Crippen molar-refractivity contribution in [3.8, 4) is 0 Å². The number of carbonyl (C=O) groups is 2. The second kappa shape index (κ2) is 7.87. The van der Waals surface area contributed by atoms with Gasteiger partial charge in [-0.25, -0.2) is 0 Å². The first-order chi connectivity index (χ1) is 13.1. The van der Waals surface area contributed by atoms with Gasteiger partial charge in [0, 0.05) is 48.7 Å². The Morgan fingerprint density at radius 3 is 2.74 bits per heavy atom. The molecule has 0 N–H and O–H groups in total. The van der Waals surface area contributed by atoms with Crippen molar-refractivity contribution in [1.29, 1.82) is 0 Å². The normalized spacial score (nSPS) is 25.3. The van der Waals surface area contributed by atoms with Gasteiger partial charge in [-0.2, -0.15) is 0 Å². The van der Waals surface area contributed by atoms with Gasteiger partial charge in [-0.3, -0.25) is 9.59 Å². The van der Waals surface area contributed by atoms with E-state index in [1.54, 1.807) is 0 Å². The maximum Gasteiger partial charge on any atom is 0.225 e. The molecule has 1 fully saturated rings. The number of ketones is 1. The molecule has 1 aromatic heterocycles. The van der Waals surface area contributed by atoms with E-state index in [4.69, 9.17) is 4.42 Å². The van der Waals surface area contributed by atoms with Crippen LogP contribution >= 0.6 is 0 Å². The molecule has 4 nitrogen and oxygen atoms in total. The lowest BCUT2D eigenvalue weighted by Crippen LogP contribution is -2.40. The molecule has 2 aliphatic heterocycles. The van der Waals surface area contributed by atoms with Crippen molar-refractivity contribution in [2.45, 2.75) is 70.8 Å². The summed E-state index contributed by atoms with van der Waals surface area (Å²) in [7, 11) is 0. The molecule has 1 amide bonds. The van der Waals surface area contributed by atoms with E-state index in [1.807, 2.05) is 25.1 Å². The average molecular weight is 367 g/mol. The molecular weight excluding hydrogens is 338 g/mol. The predicted octanol–water partition coefficient (Wildman–Crippen LogP) is 4.68. The molecule has 0 bridgehead atoms. The molecule has 4 rings (SSSR count). The number of furan rings is 1. The number of rotatable bonds is 0.